The van der Waals surface area contributed by atoms with Crippen molar-refractivity contribution in [1.82, 2.24) is 19.9 Å². The summed E-state index contributed by atoms with van der Waals surface area (Å²) in [7, 11) is 0. The van der Waals surface area contributed by atoms with Gasteiger partial charge in [-0.3, -0.25) is 0 Å². The molecule has 4 rings (SSSR count). The summed E-state index contributed by atoms with van der Waals surface area (Å²) in [6.07, 6.45) is 5.45. The van der Waals surface area contributed by atoms with E-state index < -0.39 is 11.8 Å². The van der Waals surface area contributed by atoms with E-state index in [4.69, 9.17) is 5.73 Å². The normalized spacial score (nSPS) is 11.0. The van der Waals surface area contributed by atoms with Crippen LogP contribution in [-0.2, 0) is 6.54 Å². The van der Waals surface area contributed by atoms with Gasteiger partial charge in [-0.25, -0.2) is 18.7 Å². The molecular formula is C24H26FN7OS. The minimum absolute atomic E-state index is 0.128. The van der Waals surface area contributed by atoms with Gasteiger partial charge < -0.3 is 21.7 Å². The van der Waals surface area contributed by atoms with E-state index in [-0.39, 0.29) is 5.69 Å². The van der Waals surface area contributed by atoms with Crippen LogP contribution in [0, 0.1) is 12.7 Å². The average Bonchev–Trinajstić information content (AvgIpc) is 3.19. The Labute approximate surface area is 201 Å². The summed E-state index contributed by atoms with van der Waals surface area (Å²) in [6, 6.07) is 11.4. The number of fused-ring (bicyclic) bond motifs is 1. The third-order valence-corrected chi connectivity index (χ3v) is 5.89. The van der Waals surface area contributed by atoms with Crippen molar-refractivity contribution < 1.29 is 9.18 Å². The van der Waals surface area contributed by atoms with Crippen molar-refractivity contribution in [2.45, 2.75) is 13.5 Å². The number of nitrogens with two attached hydrogens (primary N) is 1. The Kier molecular flexibility index (Phi) is 7.29. The fourth-order valence-corrected chi connectivity index (χ4v) is 4.03. The van der Waals surface area contributed by atoms with Gasteiger partial charge in [-0.15, -0.1) is 0 Å². The number of aryl methyl sites for hydroxylation is 1. The van der Waals surface area contributed by atoms with Gasteiger partial charge in [0.15, 0.2) is 5.82 Å². The Morgan fingerprint density at radius 2 is 1.97 bits per heavy atom. The van der Waals surface area contributed by atoms with E-state index in [9.17, 15) is 9.18 Å². The van der Waals surface area contributed by atoms with Gasteiger partial charge in [0.1, 0.15) is 17.7 Å². The number of carbonyl (C=O) groups is 1. The lowest BCUT2D eigenvalue weighted by atomic mass is 10.0. The fraction of sp³-hybridized carbons (Fsp3) is 0.208. The Hall–Kier alpha value is -3.63. The fourth-order valence-electron chi connectivity index (χ4n) is 3.68. The van der Waals surface area contributed by atoms with Gasteiger partial charge in [0, 0.05) is 36.3 Å². The smallest absolute Gasteiger partial charge is 0.323 e. The van der Waals surface area contributed by atoms with Crippen molar-refractivity contribution in [3.05, 3.63) is 71.9 Å². The number of nitrogens with one attached hydrogen (secondary N) is 3. The van der Waals surface area contributed by atoms with E-state index in [1.54, 1.807) is 40.5 Å². The lowest BCUT2D eigenvalue weighted by Crippen LogP contribution is -2.20. The molecular weight excluding hydrogens is 453 g/mol. The Morgan fingerprint density at radius 1 is 1.18 bits per heavy atom. The third-order valence-electron chi connectivity index (χ3n) is 5.28. The molecule has 0 bridgehead atoms. The van der Waals surface area contributed by atoms with Crippen LogP contribution in [0.5, 0.6) is 0 Å². The van der Waals surface area contributed by atoms with Crippen LogP contribution in [0.25, 0.3) is 16.6 Å². The van der Waals surface area contributed by atoms with Crippen molar-refractivity contribution in [2.75, 3.05) is 34.9 Å². The van der Waals surface area contributed by atoms with Crippen LogP contribution in [-0.4, -0.2) is 39.2 Å². The van der Waals surface area contributed by atoms with Crippen LogP contribution in [0.1, 0.15) is 11.1 Å². The molecule has 0 saturated carbocycles. The molecule has 5 N–H and O–H groups in total. The second-order valence-corrected chi connectivity index (χ2v) is 8.76. The first-order chi connectivity index (χ1) is 16.5. The molecule has 0 saturated heterocycles. The van der Waals surface area contributed by atoms with Crippen LogP contribution in [0.4, 0.5) is 26.4 Å². The number of amides is 2. The van der Waals surface area contributed by atoms with Crippen molar-refractivity contribution in [3.8, 4) is 11.1 Å². The van der Waals surface area contributed by atoms with Crippen molar-refractivity contribution in [1.29, 1.82) is 0 Å². The Bertz CT molecular complexity index is 1310. The zero-order chi connectivity index (χ0) is 24.1. The maximum atomic E-state index is 13.9. The zero-order valence-corrected chi connectivity index (χ0v) is 19.7. The predicted molar refractivity (Wildman–Crippen MR) is 137 cm³/mol. The lowest BCUT2D eigenvalue weighted by molar-refractivity contribution is 0.262. The highest BCUT2D eigenvalue weighted by Crippen LogP contribution is 2.33. The highest BCUT2D eigenvalue weighted by Gasteiger charge is 2.17. The van der Waals surface area contributed by atoms with Crippen LogP contribution < -0.4 is 21.7 Å². The van der Waals surface area contributed by atoms with Crippen LogP contribution in [0.3, 0.4) is 0 Å². The molecule has 0 aliphatic rings. The molecule has 2 amide bonds. The second-order valence-electron chi connectivity index (χ2n) is 7.78. The summed E-state index contributed by atoms with van der Waals surface area (Å²) in [5.41, 5.74) is 11.4. The highest BCUT2D eigenvalue weighted by atomic mass is 32.2. The number of halogens is 1. The van der Waals surface area contributed by atoms with Gasteiger partial charge in [-0.1, -0.05) is 18.2 Å². The lowest BCUT2D eigenvalue weighted by Gasteiger charge is -2.11. The number of thioether (sulfide) groups is 1. The summed E-state index contributed by atoms with van der Waals surface area (Å²) in [5.74, 6) is 0.914. The number of hydrogen-bond donors (Lipinski definition) is 4. The van der Waals surface area contributed by atoms with E-state index in [1.807, 2.05) is 25.3 Å². The molecule has 2 aromatic heterocycles. The van der Waals surface area contributed by atoms with E-state index >= 15 is 0 Å². The molecule has 2 heterocycles. The number of nitrogens with zero attached hydrogens (tertiary/aromatic N) is 3. The molecule has 0 aliphatic carbocycles. The number of anilines is 3. The van der Waals surface area contributed by atoms with Gasteiger partial charge in [-0.2, -0.15) is 16.9 Å². The first kappa shape index (κ1) is 23.5. The second kappa shape index (κ2) is 10.5. The van der Waals surface area contributed by atoms with Crippen molar-refractivity contribution >= 4 is 40.5 Å². The number of aromatic nitrogens is 3. The summed E-state index contributed by atoms with van der Waals surface area (Å²) < 4.78 is 15.7. The maximum absolute atomic E-state index is 13.9. The van der Waals surface area contributed by atoms with Gasteiger partial charge in [0.05, 0.1) is 5.69 Å². The Morgan fingerprint density at radius 3 is 2.74 bits per heavy atom. The van der Waals surface area contributed by atoms with E-state index in [2.05, 4.69) is 32.3 Å². The standard InChI is InChI=1S/C24H26FN7OS/c1-15-3-8-19(25)20(11-15)31-24(33)30-18-6-4-16(5-7-18)21-17(12-27-9-10-34-2)13-32-22(21)23(26)28-14-29-32/h3-8,11,13-14,27H,9-10,12H2,1-2H3,(H2,26,28,29)(H2,30,31,33). The molecule has 176 valence electrons. The summed E-state index contributed by atoms with van der Waals surface area (Å²) in [6.45, 7) is 3.37. The molecule has 0 spiro atoms. The maximum Gasteiger partial charge on any atom is 0.323 e. The quantitative estimate of drug-likeness (QED) is 0.277. The topological polar surface area (TPSA) is 109 Å². The van der Waals surface area contributed by atoms with E-state index in [0.29, 0.717) is 18.1 Å². The average molecular weight is 480 g/mol. The predicted octanol–water partition coefficient (Wildman–Crippen LogP) is 4.52. The molecule has 0 aliphatic heterocycles. The third kappa shape index (κ3) is 5.29. The van der Waals surface area contributed by atoms with Crippen molar-refractivity contribution in [2.24, 2.45) is 0 Å². The zero-order valence-electron chi connectivity index (χ0n) is 18.9. The molecule has 10 heteroatoms. The molecule has 0 fully saturated rings. The van der Waals surface area contributed by atoms with Gasteiger partial charge in [0.2, 0.25) is 0 Å². The Balaban J connectivity index is 1.55. The van der Waals surface area contributed by atoms with Crippen LogP contribution in [0.15, 0.2) is 55.0 Å². The molecule has 0 unspecified atom stereocenters. The first-order valence-electron chi connectivity index (χ1n) is 10.7. The highest BCUT2D eigenvalue weighted by molar-refractivity contribution is 7.98. The number of rotatable bonds is 8. The minimum atomic E-state index is -0.525. The first-order valence-corrected chi connectivity index (χ1v) is 12.1. The molecule has 0 radical (unpaired) electrons. The summed E-state index contributed by atoms with van der Waals surface area (Å²) in [4.78, 5) is 16.5. The number of hydrogen-bond acceptors (Lipinski definition) is 6. The molecule has 0 atom stereocenters. The number of nitrogen functional groups attached to an aromatic ring is 1. The monoisotopic (exact) mass is 479 g/mol. The summed E-state index contributed by atoms with van der Waals surface area (Å²) >= 11 is 1.78. The van der Waals surface area contributed by atoms with E-state index in [0.717, 1.165) is 40.1 Å². The molecule has 2 aromatic carbocycles. The minimum Gasteiger partial charge on any atom is -0.382 e. The summed E-state index contributed by atoms with van der Waals surface area (Å²) in [5, 5.41) is 13.0. The molecule has 8 nitrogen and oxygen atoms in total. The van der Waals surface area contributed by atoms with Gasteiger partial charge >= 0.3 is 6.03 Å². The van der Waals surface area contributed by atoms with Crippen molar-refractivity contribution in [3.63, 3.8) is 0 Å². The van der Waals surface area contributed by atoms with Crippen LogP contribution >= 0.6 is 11.8 Å². The van der Waals surface area contributed by atoms with Crippen LogP contribution in [0.2, 0.25) is 0 Å². The molecule has 4 aromatic rings. The number of carbonyl (C=O) groups excluding carboxylic acids is 1. The number of urea groups is 1. The van der Waals surface area contributed by atoms with Gasteiger partial charge in [-0.05, 0) is 54.1 Å². The van der Waals surface area contributed by atoms with E-state index in [1.165, 1.54) is 12.4 Å². The number of benzene rings is 2. The van der Waals surface area contributed by atoms with Gasteiger partial charge in [0.25, 0.3) is 0 Å². The largest absolute Gasteiger partial charge is 0.382 e. The molecule has 34 heavy (non-hydrogen) atoms. The SMILES string of the molecule is CSCCNCc1cn2ncnc(N)c2c1-c1ccc(NC(=O)Nc2cc(C)ccc2F)cc1.